The average Bonchev–Trinajstić information content (AvgIpc) is 2.82. The van der Waals surface area contributed by atoms with Crippen LogP contribution in [0.25, 0.3) is 0 Å². The Morgan fingerprint density at radius 2 is 1.84 bits per heavy atom. The number of hydrogen-bond donors (Lipinski definition) is 3. The molecular weight excluding hydrogens is 472 g/mol. The van der Waals surface area contributed by atoms with Gasteiger partial charge in [-0.05, 0) is 51.3 Å². The van der Waals surface area contributed by atoms with E-state index in [1.54, 1.807) is 24.3 Å². The van der Waals surface area contributed by atoms with Crippen molar-refractivity contribution in [3.05, 3.63) is 83.2 Å². The molecule has 204 valence electrons. The molecule has 8 heteroatoms. The third-order valence-corrected chi connectivity index (χ3v) is 4.99. The van der Waals surface area contributed by atoms with Crippen LogP contribution in [0.15, 0.2) is 83.2 Å². The third kappa shape index (κ3) is 12.4. The molecule has 0 aromatic heterocycles. The minimum atomic E-state index is -0.578. The zero-order valence-electron chi connectivity index (χ0n) is 22.9. The summed E-state index contributed by atoms with van der Waals surface area (Å²) in [7, 11) is 0. The lowest BCUT2D eigenvalue weighted by Crippen LogP contribution is -2.35. The van der Waals surface area contributed by atoms with Gasteiger partial charge >= 0.3 is 0 Å². The normalized spacial score (nSPS) is 16.7. The highest BCUT2D eigenvalue weighted by molar-refractivity contribution is 6.26. The van der Waals surface area contributed by atoms with E-state index in [0.29, 0.717) is 50.0 Å². The van der Waals surface area contributed by atoms with Gasteiger partial charge in [-0.2, -0.15) is 0 Å². The summed E-state index contributed by atoms with van der Waals surface area (Å²) >= 11 is 0. The molecule has 1 heterocycles. The van der Waals surface area contributed by atoms with Crippen LogP contribution in [0.4, 0.5) is 0 Å². The van der Waals surface area contributed by atoms with Crippen molar-refractivity contribution in [1.29, 1.82) is 0 Å². The molecule has 0 saturated carbocycles. The fraction of sp³-hybridized carbons (Fsp3) is 0.448. The van der Waals surface area contributed by atoms with Crippen molar-refractivity contribution in [2.24, 2.45) is 5.92 Å². The smallest absolute Gasteiger partial charge is 0.261 e. The van der Waals surface area contributed by atoms with Gasteiger partial charge in [0.1, 0.15) is 12.2 Å². The second kappa shape index (κ2) is 17.2. The fourth-order valence-electron chi connectivity index (χ4n) is 3.25. The molecule has 0 fully saturated rings. The summed E-state index contributed by atoms with van der Waals surface area (Å²) in [5.74, 6) is -0.341. The Labute approximate surface area is 221 Å². The van der Waals surface area contributed by atoms with Gasteiger partial charge in [-0.15, -0.1) is 0 Å². The van der Waals surface area contributed by atoms with E-state index in [1.807, 2.05) is 40.7 Å². The molecule has 8 nitrogen and oxygen atoms in total. The predicted octanol–water partition coefficient (Wildman–Crippen LogP) is 4.56. The monoisotopic (exact) mass is 514 g/mol. The van der Waals surface area contributed by atoms with Gasteiger partial charge in [0.15, 0.2) is 5.78 Å². The number of ketones is 1. The number of ether oxygens (including phenoxy) is 3. The van der Waals surface area contributed by atoms with Gasteiger partial charge in [0, 0.05) is 24.0 Å². The number of Topliss-reactive ketones (excluding diaryl/α,β-unsaturated/α-hetero) is 1. The fourth-order valence-corrected chi connectivity index (χ4v) is 3.25. The van der Waals surface area contributed by atoms with Crippen molar-refractivity contribution in [2.75, 3.05) is 33.0 Å². The number of aliphatic hydroxyl groups excluding tert-OH is 1. The number of rotatable bonds is 15. The summed E-state index contributed by atoms with van der Waals surface area (Å²) in [6, 6.07) is 0. The van der Waals surface area contributed by atoms with Crippen LogP contribution in [0, 0.1) is 5.92 Å². The lowest BCUT2D eigenvalue weighted by molar-refractivity contribution is -0.120. The molecule has 37 heavy (non-hydrogen) atoms. The maximum absolute atomic E-state index is 13.1. The SMILES string of the molecule is C=C/C=C\C=C1/CNC=C(C(=O)NC(/C=C(\C)O)=C(/C=C(\C)OCCOCCOC(C)C)C(C)C)C1=O. The lowest BCUT2D eigenvalue weighted by atomic mass is 9.97. The van der Waals surface area contributed by atoms with Crippen LogP contribution < -0.4 is 10.6 Å². The van der Waals surface area contributed by atoms with E-state index < -0.39 is 5.91 Å². The highest BCUT2D eigenvalue weighted by Crippen LogP contribution is 2.20. The maximum atomic E-state index is 13.1. The molecule has 0 aromatic carbocycles. The van der Waals surface area contributed by atoms with Gasteiger partial charge in [0.2, 0.25) is 0 Å². The van der Waals surface area contributed by atoms with E-state index in [0.717, 1.165) is 5.57 Å². The molecule has 1 amide bonds. The van der Waals surface area contributed by atoms with E-state index in [1.165, 1.54) is 19.2 Å². The highest BCUT2D eigenvalue weighted by Gasteiger charge is 2.25. The molecular formula is C29H42N2O6. The van der Waals surface area contributed by atoms with E-state index in [2.05, 4.69) is 17.2 Å². The minimum absolute atomic E-state index is 0.00894. The van der Waals surface area contributed by atoms with Crippen LogP contribution in [0.3, 0.4) is 0 Å². The van der Waals surface area contributed by atoms with Crippen LogP contribution in [0.2, 0.25) is 0 Å². The Bertz CT molecular complexity index is 976. The first kappa shape index (κ1) is 31.7. The first-order valence-corrected chi connectivity index (χ1v) is 12.5. The molecule has 1 aliphatic rings. The topological polar surface area (TPSA) is 106 Å². The predicted molar refractivity (Wildman–Crippen MR) is 147 cm³/mol. The summed E-state index contributed by atoms with van der Waals surface area (Å²) < 4.78 is 16.7. The zero-order chi connectivity index (χ0) is 27.8. The molecule has 3 N–H and O–H groups in total. The lowest BCUT2D eigenvalue weighted by Gasteiger charge is -2.19. The van der Waals surface area contributed by atoms with Gasteiger partial charge in [-0.3, -0.25) is 9.59 Å². The number of carbonyl (C=O) groups excluding carboxylic acids is 2. The molecule has 0 spiro atoms. The van der Waals surface area contributed by atoms with Gasteiger partial charge in [-0.25, -0.2) is 0 Å². The summed E-state index contributed by atoms with van der Waals surface area (Å²) in [6.07, 6.45) is 11.5. The van der Waals surface area contributed by atoms with Crippen LogP contribution >= 0.6 is 0 Å². The Balaban J connectivity index is 3.02. The molecule has 1 rings (SSSR count). The second-order valence-electron chi connectivity index (χ2n) is 8.98. The van der Waals surface area contributed by atoms with Gasteiger partial charge in [0.25, 0.3) is 5.91 Å². The first-order valence-electron chi connectivity index (χ1n) is 12.5. The van der Waals surface area contributed by atoms with E-state index in [-0.39, 0.29) is 29.1 Å². The Kier molecular flexibility index (Phi) is 14.7. The molecule has 0 bridgehead atoms. The first-order chi connectivity index (χ1) is 17.6. The van der Waals surface area contributed by atoms with Crippen LogP contribution in [0.5, 0.6) is 0 Å². The largest absolute Gasteiger partial charge is 0.513 e. The summed E-state index contributed by atoms with van der Waals surface area (Å²) in [5.41, 5.74) is 1.54. The van der Waals surface area contributed by atoms with Gasteiger partial charge < -0.3 is 30.0 Å². The molecule has 0 radical (unpaired) electrons. The molecule has 1 aliphatic heterocycles. The number of allylic oxidation sites excluding steroid dienone is 9. The average molecular weight is 515 g/mol. The maximum Gasteiger partial charge on any atom is 0.261 e. The Morgan fingerprint density at radius 1 is 1.14 bits per heavy atom. The van der Waals surface area contributed by atoms with Crippen molar-refractivity contribution in [3.63, 3.8) is 0 Å². The summed E-state index contributed by atoms with van der Waals surface area (Å²) in [6.45, 7) is 16.9. The van der Waals surface area contributed by atoms with E-state index in [9.17, 15) is 14.7 Å². The second-order valence-corrected chi connectivity index (χ2v) is 8.98. The zero-order valence-corrected chi connectivity index (χ0v) is 22.9. The van der Waals surface area contributed by atoms with Crippen molar-refractivity contribution in [3.8, 4) is 0 Å². The number of hydrogen-bond acceptors (Lipinski definition) is 7. The molecule has 0 aromatic rings. The summed E-state index contributed by atoms with van der Waals surface area (Å²) in [4.78, 5) is 26.0. The molecule has 0 atom stereocenters. The molecule has 0 unspecified atom stereocenters. The van der Waals surface area contributed by atoms with Crippen LogP contribution in [-0.2, 0) is 23.8 Å². The number of carbonyl (C=O) groups is 2. The Morgan fingerprint density at radius 3 is 2.46 bits per heavy atom. The van der Waals surface area contributed by atoms with Gasteiger partial charge in [0.05, 0.1) is 37.4 Å². The number of nitrogens with one attached hydrogen (secondary N) is 2. The van der Waals surface area contributed by atoms with Crippen molar-refractivity contribution in [2.45, 2.75) is 47.6 Å². The van der Waals surface area contributed by atoms with Crippen LogP contribution in [-0.4, -0.2) is 55.9 Å². The number of aliphatic hydroxyl groups is 1. The Hall–Kier alpha value is -3.36. The number of amides is 1. The van der Waals surface area contributed by atoms with Crippen molar-refractivity contribution >= 4 is 11.7 Å². The van der Waals surface area contributed by atoms with Gasteiger partial charge in [-0.1, -0.05) is 44.7 Å². The van der Waals surface area contributed by atoms with Crippen LogP contribution in [0.1, 0.15) is 41.5 Å². The summed E-state index contributed by atoms with van der Waals surface area (Å²) in [5, 5.41) is 15.7. The van der Waals surface area contributed by atoms with Crippen molar-refractivity contribution in [1.82, 2.24) is 10.6 Å². The third-order valence-electron chi connectivity index (χ3n) is 4.99. The molecule has 0 aliphatic carbocycles. The molecule has 0 saturated heterocycles. The highest BCUT2D eigenvalue weighted by atomic mass is 16.5. The van der Waals surface area contributed by atoms with E-state index in [4.69, 9.17) is 14.2 Å². The van der Waals surface area contributed by atoms with E-state index >= 15 is 0 Å². The minimum Gasteiger partial charge on any atom is -0.513 e. The standard InChI is InChI=1S/C29H42N2O6/c1-8-9-10-11-24-18-30-19-26(28(24)33)29(34)31-27(16-22(6)32)25(20(2)3)17-23(7)37-15-13-35-12-14-36-21(4)5/h8-11,16-17,19-21,30,32H,1,12-15,18H2,2-7H3,(H,31,34)/b10-9-,22-16+,23-17+,24-11+,27-25-. The van der Waals surface area contributed by atoms with Crippen molar-refractivity contribution < 1.29 is 28.9 Å². The quantitative estimate of drug-likeness (QED) is 0.0967.